The molecule has 1 amide bonds. The van der Waals surface area contributed by atoms with Crippen molar-refractivity contribution in [3.63, 3.8) is 0 Å². The molecule has 3 aliphatic heterocycles. The Balaban J connectivity index is 1.52. The van der Waals surface area contributed by atoms with Crippen molar-refractivity contribution in [1.29, 1.82) is 0 Å². The second kappa shape index (κ2) is 36.5. The van der Waals surface area contributed by atoms with Gasteiger partial charge in [-0.2, -0.15) is 0 Å². The van der Waals surface area contributed by atoms with Crippen LogP contribution in [0, 0.1) is 0 Å². The maximum Gasteiger partial charge on any atom is 0.220 e. The van der Waals surface area contributed by atoms with Crippen molar-refractivity contribution >= 4 is 5.91 Å². The van der Waals surface area contributed by atoms with Crippen molar-refractivity contribution < 1.29 is 89.4 Å². The summed E-state index contributed by atoms with van der Waals surface area (Å²) < 4.78 is 34.1. The summed E-state index contributed by atoms with van der Waals surface area (Å²) in [6.45, 7) is 1.67. The molecule has 0 saturated carbocycles. The molecule has 17 atom stereocenters. The zero-order valence-corrected chi connectivity index (χ0v) is 42.3. The Morgan fingerprint density at radius 2 is 0.886 bits per heavy atom. The fourth-order valence-corrected chi connectivity index (χ4v) is 9.31. The molecule has 3 heterocycles. The number of amides is 1. The van der Waals surface area contributed by atoms with Gasteiger partial charge in [-0.05, 0) is 19.3 Å². The van der Waals surface area contributed by atoms with E-state index in [-0.39, 0.29) is 18.9 Å². The quantitative estimate of drug-likeness (QED) is 0.0313. The van der Waals surface area contributed by atoms with Crippen LogP contribution in [-0.2, 0) is 33.2 Å². The van der Waals surface area contributed by atoms with E-state index in [1.165, 1.54) is 103 Å². The molecule has 0 aromatic rings. The van der Waals surface area contributed by atoms with Crippen LogP contribution in [0.4, 0.5) is 0 Å². The van der Waals surface area contributed by atoms with E-state index < -0.39 is 124 Å². The van der Waals surface area contributed by atoms with E-state index in [0.29, 0.717) is 6.42 Å². The molecule has 0 aromatic heterocycles. The highest BCUT2D eigenvalue weighted by Gasteiger charge is 2.53. The topological polar surface area (TPSA) is 307 Å². The van der Waals surface area contributed by atoms with Gasteiger partial charge in [0.25, 0.3) is 0 Å². The van der Waals surface area contributed by atoms with E-state index >= 15 is 0 Å². The monoisotopic (exact) mass is 1010 g/mol. The number of hydrogen-bond acceptors (Lipinski definition) is 18. The van der Waals surface area contributed by atoms with Crippen molar-refractivity contribution in [2.45, 2.75) is 279 Å². The van der Waals surface area contributed by atoms with E-state index in [1.54, 1.807) is 6.08 Å². The Bertz CT molecular complexity index is 1350. The molecule has 3 saturated heterocycles. The summed E-state index contributed by atoms with van der Waals surface area (Å²) in [6, 6.07) is -0.964. The third kappa shape index (κ3) is 21.8. The largest absolute Gasteiger partial charge is 0.394 e. The van der Waals surface area contributed by atoms with Gasteiger partial charge in [0.15, 0.2) is 18.9 Å². The van der Waals surface area contributed by atoms with Gasteiger partial charge in [0, 0.05) is 6.42 Å². The summed E-state index contributed by atoms with van der Waals surface area (Å²) in [4.78, 5) is 13.2. The number of allylic oxidation sites excluding steroid dienone is 1. The first-order valence-corrected chi connectivity index (χ1v) is 26.9. The normalized spacial score (nSPS) is 32.6. The minimum atomic E-state index is -1.97. The smallest absolute Gasteiger partial charge is 0.220 e. The Kier molecular flexibility index (Phi) is 32.7. The summed E-state index contributed by atoms with van der Waals surface area (Å²) in [5.41, 5.74) is 0. The van der Waals surface area contributed by atoms with Crippen LogP contribution in [0.5, 0.6) is 0 Å². The van der Waals surface area contributed by atoms with Crippen molar-refractivity contribution in [2.75, 3.05) is 26.4 Å². The third-order valence-electron chi connectivity index (χ3n) is 13.8. The molecular formula is C51H95NO18. The molecule has 0 bridgehead atoms. The molecule has 3 fully saturated rings. The van der Waals surface area contributed by atoms with Crippen LogP contribution in [0.3, 0.4) is 0 Å². The van der Waals surface area contributed by atoms with Gasteiger partial charge >= 0.3 is 0 Å². The molecular weight excluding hydrogens is 915 g/mol. The molecule has 19 nitrogen and oxygen atoms in total. The molecule has 3 rings (SSSR count). The first kappa shape index (κ1) is 62.8. The second-order valence-corrected chi connectivity index (χ2v) is 19.7. The summed E-state index contributed by atoms with van der Waals surface area (Å²) >= 11 is 0. The van der Waals surface area contributed by atoms with Crippen LogP contribution < -0.4 is 5.32 Å². The van der Waals surface area contributed by atoms with Gasteiger partial charge in [-0.25, -0.2) is 0 Å². The molecule has 0 spiro atoms. The first-order valence-electron chi connectivity index (χ1n) is 26.9. The van der Waals surface area contributed by atoms with Gasteiger partial charge in [0.2, 0.25) is 5.91 Å². The SMILES string of the molecule is CCCCCCCCC/C=C/C(O)C(COC1OC(CO)C(OC2OC(CO)C(OC3OC(CO)C(O)C(O)C3O)C(O)C2O)C(O)C1O)NC(=O)CCCCCCCCCCCCCCCCCC. The average molecular weight is 1010 g/mol. The highest BCUT2D eigenvalue weighted by Crippen LogP contribution is 2.33. The van der Waals surface area contributed by atoms with E-state index in [0.717, 1.165) is 44.9 Å². The summed E-state index contributed by atoms with van der Waals surface area (Å²) in [5.74, 6) is -0.277. The number of aliphatic hydroxyl groups is 11. The van der Waals surface area contributed by atoms with Gasteiger partial charge in [0.1, 0.15) is 73.2 Å². The fourth-order valence-electron chi connectivity index (χ4n) is 9.31. The average Bonchev–Trinajstić information content (AvgIpc) is 3.35. The molecule has 70 heavy (non-hydrogen) atoms. The van der Waals surface area contributed by atoms with Gasteiger partial charge in [-0.1, -0.05) is 161 Å². The van der Waals surface area contributed by atoms with Crippen molar-refractivity contribution in [3.8, 4) is 0 Å². The van der Waals surface area contributed by atoms with Gasteiger partial charge in [-0.15, -0.1) is 0 Å². The van der Waals surface area contributed by atoms with E-state index in [2.05, 4.69) is 19.2 Å². The number of carbonyl (C=O) groups excluding carboxylic acids is 1. The first-order chi connectivity index (χ1) is 33.8. The lowest BCUT2D eigenvalue weighted by atomic mass is 9.96. The van der Waals surface area contributed by atoms with Crippen molar-refractivity contribution in [3.05, 3.63) is 12.2 Å². The number of nitrogens with one attached hydrogen (secondary N) is 1. The Morgan fingerprint density at radius 3 is 1.34 bits per heavy atom. The highest BCUT2D eigenvalue weighted by atomic mass is 16.8. The molecule has 0 aliphatic carbocycles. The van der Waals surface area contributed by atoms with E-state index in [4.69, 9.17) is 28.4 Å². The molecule has 12 N–H and O–H groups in total. The van der Waals surface area contributed by atoms with Crippen molar-refractivity contribution in [2.24, 2.45) is 0 Å². The Labute approximate surface area is 416 Å². The summed E-state index contributed by atoms with van der Waals surface area (Å²) in [7, 11) is 0. The van der Waals surface area contributed by atoms with Crippen LogP contribution in [0.15, 0.2) is 12.2 Å². The van der Waals surface area contributed by atoms with Gasteiger partial charge in [0.05, 0.1) is 38.6 Å². The molecule has 3 aliphatic rings. The molecule has 17 unspecified atom stereocenters. The Morgan fingerprint density at radius 1 is 0.500 bits per heavy atom. The lowest BCUT2D eigenvalue weighted by molar-refractivity contribution is -0.379. The zero-order chi connectivity index (χ0) is 51.3. The molecule has 0 radical (unpaired) electrons. The van der Waals surface area contributed by atoms with Crippen LogP contribution in [0.1, 0.15) is 174 Å². The van der Waals surface area contributed by atoms with Crippen LogP contribution in [-0.4, -0.2) is 193 Å². The third-order valence-corrected chi connectivity index (χ3v) is 13.8. The van der Waals surface area contributed by atoms with Crippen molar-refractivity contribution in [1.82, 2.24) is 5.32 Å². The van der Waals surface area contributed by atoms with Crippen LogP contribution >= 0.6 is 0 Å². The summed E-state index contributed by atoms with van der Waals surface area (Å²) in [6.07, 6.45) is 5.10. The fraction of sp³-hybridized carbons (Fsp3) is 0.941. The highest BCUT2D eigenvalue weighted by molar-refractivity contribution is 5.76. The Hall–Kier alpha value is -1.47. The second-order valence-electron chi connectivity index (χ2n) is 19.7. The number of rotatable bonds is 38. The predicted molar refractivity (Wildman–Crippen MR) is 259 cm³/mol. The van der Waals surface area contributed by atoms with Gasteiger partial charge in [-0.3, -0.25) is 4.79 Å². The zero-order valence-electron chi connectivity index (χ0n) is 42.3. The lowest BCUT2D eigenvalue weighted by Gasteiger charge is -2.48. The van der Waals surface area contributed by atoms with Crippen LogP contribution in [0.25, 0.3) is 0 Å². The maximum atomic E-state index is 13.2. The predicted octanol–water partition coefficient (Wildman–Crippen LogP) is 2.65. The number of hydrogen-bond donors (Lipinski definition) is 12. The van der Waals surface area contributed by atoms with Gasteiger partial charge < -0.3 is 89.9 Å². The number of ether oxygens (including phenoxy) is 6. The van der Waals surface area contributed by atoms with E-state index in [1.807, 2.05) is 6.08 Å². The molecule has 0 aromatic carbocycles. The number of carbonyl (C=O) groups is 1. The minimum absolute atomic E-state index is 0.248. The lowest BCUT2D eigenvalue weighted by Crippen LogP contribution is -2.66. The van der Waals surface area contributed by atoms with Crippen LogP contribution in [0.2, 0.25) is 0 Å². The number of unbranched alkanes of at least 4 members (excludes halogenated alkanes) is 22. The molecule has 412 valence electrons. The minimum Gasteiger partial charge on any atom is -0.394 e. The standard InChI is InChI=1S/C51H95NO18/c1-3-5-7-9-11-13-14-15-16-17-18-19-21-23-25-27-29-39(57)52-34(35(56)28-26-24-22-20-12-10-8-6-4-2)33-65-49-45(63)42(60)47(37(31-54)67-49)70-51-46(64)43(61)48(38(32-55)68-51)69-50-44(62)41(59)40(58)36(30-53)66-50/h26,28,34-38,40-51,53-56,58-64H,3-25,27,29-33H2,1-2H3,(H,52,57)/b28-26+. The molecule has 19 heteroatoms. The maximum absolute atomic E-state index is 13.2. The number of aliphatic hydroxyl groups excluding tert-OH is 11. The summed E-state index contributed by atoms with van der Waals surface area (Å²) in [5, 5.41) is 120. The van der Waals surface area contributed by atoms with E-state index in [9.17, 15) is 61.0 Å².